The summed E-state index contributed by atoms with van der Waals surface area (Å²) in [6.45, 7) is 11.8. The molecular formula is C58H83NO6S. The Morgan fingerprint density at radius 1 is 0.758 bits per heavy atom. The van der Waals surface area contributed by atoms with Crippen molar-refractivity contribution in [1.29, 1.82) is 0 Å². The lowest BCUT2D eigenvalue weighted by Gasteiger charge is -2.58. The number of ether oxygens (including phenoxy) is 3. The van der Waals surface area contributed by atoms with Gasteiger partial charge in [0.15, 0.2) is 0 Å². The zero-order chi connectivity index (χ0) is 46.4. The average Bonchev–Trinajstić information content (AvgIpc) is 3.33. The molecule has 7 nitrogen and oxygen atoms in total. The molecule has 2 N–H and O–H groups in total. The number of aliphatic hydroxyl groups excluding tert-OH is 2. The highest BCUT2D eigenvalue weighted by Gasteiger charge is 2.64. The summed E-state index contributed by atoms with van der Waals surface area (Å²) in [5.41, 5.74) is 6.77. The van der Waals surface area contributed by atoms with E-state index in [-0.39, 0.29) is 42.1 Å². The second-order valence-electron chi connectivity index (χ2n) is 19.3. The molecule has 0 bridgehead atoms. The predicted octanol–water partition coefficient (Wildman–Crippen LogP) is 15.1. The molecule has 6 unspecified atom stereocenters. The molecule has 0 spiro atoms. The Morgan fingerprint density at radius 2 is 1.41 bits per heavy atom. The number of fused-ring (bicyclic) bond motifs is 2. The minimum Gasteiger partial charge on any atom is -0.460 e. The number of thioether (sulfide) groups is 1. The summed E-state index contributed by atoms with van der Waals surface area (Å²) >= 11 is 1.98. The van der Waals surface area contributed by atoms with Gasteiger partial charge in [-0.2, -0.15) is 11.8 Å². The highest BCUT2D eigenvalue weighted by atomic mass is 32.2. The summed E-state index contributed by atoms with van der Waals surface area (Å²) in [7, 11) is 0. The van der Waals surface area contributed by atoms with Gasteiger partial charge in [-0.1, -0.05) is 157 Å². The van der Waals surface area contributed by atoms with E-state index in [1.165, 1.54) is 94.6 Å². The second-order valence-corrected chi connectivity index (χ2v) is 20.6. The summed E-state index contributed by atoms with van der Waals surface area (Å²) < 4.78 is 21.3. The number of allylic oxidation sites excluding steroid dienone is 1. The summed E-state index contributed by atoms with van der Waals surface area (Å²) in [5, 5.41) is 25.0. The largest absolute Gasteiger partial charge is 0.460 e. The molecular weight excluding hydrogens is 839 g/mol. The van der Waals surface area contributed by atoms with Gasteiger partial charge >= 0.3 is 0 Å². The van der Waals surface area contributed by atoms with Crippen LogP contribution in [0.4, 0.5) is 0 Å². The van der Waals surface area contributed by atoms with Crippen LogP contribution < -0.4 is 9.47 Å². The van der Waals surface area contributed by atoms with E-state index in [9.17, 15) is 10.2 Å². The first kappa shape index (κ1) is 51.8. The number of nitrogens with zero attached hydrogens (tertiary/aromatic N) is 1. The molecule has 3 aromatic carbocycles. The summed E-state index contributed by atoms with van der Waals surface area (Å²) in [4.78, 5) is 6.30. The fourth-order valence-corrected chi connectivity index (χ4v) is 12.2. The Labute approximate surface area is 403 Å². The summed E-state index contributed by atoms with van der Waals surface area (Å²) in [6, 6.07) is 22.9. The SMILES string of the molecule is C=CCOC12Oc3ccc(Oc4ccc(C)c(C)c4)cc3C3C(CCCCO)C(CCCCO)C=C(C(=NOCc4ccccc4)CC1SCCCCCCCCCCCCCCCC)C32. The second kappa shape index (κ2) is 28.1. The van der Waals surface area contributed by atoms with Gasteiger partial charge in [0, 0.05) is 31.1 Å². The number of aryl methyl sites for hydroxylation is 2. The zero-order valence-electron chi connectivity index (χ0n) is 40.9. The van der Waals surface area contributed by atoms with Crippen molar-refractivity contribution in [2.75, 3.05) is 25.6 Å². The smallest absolute Gasteiger partial charge is 0.230 e. The number of rotatable bonds is 32. The van der Waals surface area contributed by atoms with Crippen molar-refractivity contribution in [1.82, 2.24) is 0 Å². The van der Waals surface area contributed by atoms with E-state index in [4.69, 9.17) is 24.2 Å². The molecule has 1 fully saturated rings. The molecule has 1 aliphatic heterocycles. The van der Waals surface area contributed by atoms with Gasteiger partial charge in [0.25, 0.3) is 0 Å². The molecule has 8 heteroatoms. The molecule has 6 rings (SSSR count). The van der Waals surface area contributed by atoms with E-state index >= 15 is 0 Å². The molecule has 3 aliphatic rings. The summed E-state index contributed by atoms with van der Waals surface area (Å²) in [6.07, 6.45) is 29.0. The fraction of sp³-hybridized carbons (Fsp3) is 0.603. The van der Waals surface area contributed by atoms with Crippen molar-refractivity contribution >= 4 is 17.5 Å². The highest BCUT2D eigenvalue weighted by Crippen LogP contribution is 2.62. The van der Waals surface area contributed by atoms with Crippen LogP contribution in [0.5, 0.6) is 17.2 Å². The molecule has 362 valence electrons. The van der Waals surface area contributed by atoms with Gasteiger partial charge in [-0.3, -0.25) is 0 Å². The molecule has 0 radical (unpaired) electrons. The number of hydrogen-bond donors (Lipinski definition) is 2. The Bertz CT molecular complexity index is 1950. The molecule has 0 aromatic heterocycles. The molecule has 1 heterocycles. The van der Waals surface area contributed by atoms with E-state index in [0.717, 1.165) is 90.4 Å². The number of benzene rings is 3. The maximum absolute atomic E-state index is 10.0. The molecule has 3 aromatic rings. The van der Waals surface area contributed by atoms with Crippen molar-refractivity contribution in [2.24, 2.45) is 22.9 Å². The van der Waals surface area contributed by atoms with Crippen LogP contribution in [0.2, 0.25) is 0 Å². The average molecular weight is 922 g/mol. The van der Waals surface area contributed by atoms with Gasteiger partial charge in [-0.15, -0.1) is 6.58 Å². The minimum atomic E-state index is -0.974. The van der Waals surface area contributed by atoms with E-state index in [1.807, 2.05) is 48.2 Å². The summed E-state index contributed by atoms with van der Waals surface area (Å²) in [5.74, 6) is 2.78. The molecule has 1 saturated carbocycles. The first-order chi connectivity index (χ1) is 32.4. The highest BCUT2D eigenvalue weighted by molar-refractivity contribution is 8.00. The van der Waals surface area contributed by atoms with Crippen LogP contribution in [0, 0.1) is 31.6 Å². The molecule has 2 aliphatic carbocycles. The molecule has 0 amide bonds. The normalized spacial score (nSPS) is 22.6. The van der Waals surface area contributed by atoms with Crippen LogP contribution in [0.25, 0.3) is 0 Å². The maximum Gasteiger partial charge on any atom is 0.230 e. The van der Waals surface area contributed by atoms with Crippen LogP contribution in [-0.4, -0.2) is 52.5 Å². The Morgan fingerprint density at radius 3 is 2.08 bits per heavy atom. The third-order valence-corrected chi connectivity index (χ3v) is 15.8. The number of hydrogen-bond acceptors (Lipinski definition) is 8. The van der Waals surface area contributed by atoms with Gasteiger partial charge < -0.3 is 29.3 Å². The lowest BCUT2D eigenvalue weighted by Crippen LogP contribution is -2.64. The first-order valence-electron chi connectivity index (χ1n) is 26.0. The third kappa shape index (κ3) is 14.5. The van der Waals surface area contributed by atoms with E-state index < -0.39 is 5.79 Å². The van der Waals surface area contributed by atoms with Crippen LogP contribution in [-0.2, 0) is 16.2 Å². The van der Waals surface area contributed by atoms with Crippen molar-refractivity contribution in [3.63, 3.8) is 0 Å². The quantitative estimate of drug-likeness (QED) is 0.0366. The Balaban J connectivity index is 1.30. The zero-order valence-corrected chi connectivity index (χ0v) is 41.7. The fourth-order valence-electron chi connectivity index (χ4n) is 10.7. The van der Waals surface area contributed by atoms with Crippen LogP contribution in [0.3, 0.4) is 0 Å². The number of unbranched alkanes of at least 4 members (excludes halogenated alkanes) is 15. The minimum absolute atomic E-state index is 0.0171. The van der Waals surface area contributed by atoms with Crippen LogP contribution in [0.15, 0.2) is 96.2 Å². The van der Waals surface area contributed by atoms with Gasteiger partial charge in [0.1, 0.15) is 23.9 Å². The molecule has 66 heavy (non-hydrogen) atoms. The van der Waals surface area contributed by atoms with Crippen molar-refractivity contribution in [2.45, 2.75) is 179 Å². The van der Waals surface area contributed by atoms with Crippen molar-refractivity contribution in [3.05, 3.63) is 113 Å². The monoisotopic (exact) mass is 922 g/mol. The third-order valence-electron chi connectivity index (χ3n) is 14.4. The van der Waals surface area contributed by atoms with Gasteiger partial charge in [-0.05, 0) is 116 Å². The lowest BCUT2D eigenvalue weighted by atomic mass is 9.56. The van der Waals surface area contributed by atoms with Gasteiger partial charge in [0.05, 0.1) is 23.5 Å². The number of oxime groups is 1. The lowest BCUT2D eigenvalue weighted by molar-refractivity contribution is -0.223. The van der Waals surface area contributed by atoms with Crippen LogP contribution >= 0.6 is 11.8 Å². The standard InChI is InChI=1S/C58H83NO6S/c1-5-7-8-9-10-11-12-13-14-15-16-17-18-26-38-66-55-42-53(59-63-43-46-27-20-19-21-28-46)51-40-47(29-22-24-35-60)50(30-23-25-36-61)56-52-41-49(64-48-32-31-44(3)45(4)39-48)33-34-54(52)65-58(55,57(51)56)62-37-6-2/h6,19-21,27-28,31-34,39-41,47,50,55-57,60-61H,2,5,7-18,22-26,29-30,35-38,42-43H2,1,3-4H3. The van der Waals surface area contributed by atoms with Crippen molar-refractivity contribution < 1.29 is 29.3 Å². The van der Waals surface area contributed by atoms with E-state index in [1.54, 1.807) is 0 Å². The molecule has 6 atom stereocenters. The van der Waals surface area contributed by atoms with E-state index in [0.29, 0.717) is 19.6 Å². The first-order valence-corrected chi connectivity index (χ1v) is 27.1. The topological polar surface area (TPSA) is 89.7 Å². The Kier molecular flexibility index (Phi) is 22.0. The Hall–Kier alpha value is -3.56. The maximum atomic E-state index is 10.0. The number of aliphatic hydroxyl groups is 2. The van der Waals surface area contributed by atoms with Crippen LogP contribution in [0.1, 0.15) is 170 Å². The van der Waals surface area contributed by atoms with E-state index in [2.05, 4.69) is 69.8 Å². The van der Waals surface area contributed by atoms with Crippen molar-refractivity contribution in [3.8, 4) is 17.2 Å². The predicted molar refractivity (Wildman–Crippen MR) is 275 cm³/mol. The van der Waals surface area contributed by atoms with Gasteiger partial charge in [0.2, 0.25) is 5.79 Å². The van der Waals surface area contributed by atoms with Gasteiger partial charge in [-0.25, -0.2) is 0 Å². The molecule has 0 saturated heterocycles.